The van der Waals surface area contributed by atoms with Gasteiger partial charge >= 0.3 is 0 Å². The van der Waals surface area contributed by atoms with E-state index in [0.717, 1.165) is 51.4 Å². The average Bonchev–Trinajstić information content (AvgIpc) is 3.27. The third-order valence-electron chi connectivity index (χ3n) is 11.5. The Bertz CT molecular complexity index is 1230. The van der Waals surface area contributed by atoms with Crippen molar-refractivity contribution < 1.29 is 64.6 Å². The van der Waals surface area contributed by atoms with Gasteiger partial charge in [-0.15, -0.1) is 0 Å². The lowest BCUT2D eigenvalue weighted by molar-refractivity contribution is -0.359. The second-order valence-corrected chi connectivity index (χ2v) is 16.9. The van der Waals surface area contributed by atoms with E-state index in [4.69, 9.17) is 18.9 Å². The molecule has 0 aromatic rings. The number of unbranched alkanes of at least 4 members (excludes halogenated alkanes) is 16. The number of hydrogen-bond acceptors (Lipinski definition) is 13. The molecule has 14 nitrogen and oxygen atoms in total. The van der Waals surface area contributed by atoms with Crippen molar-refractivity contribution in [2.45, 2.75) is 229 Å². The summed E-state index contributed by atoms with van der Waals surface area (Å²) in [4.78, 5) is 13.1. The first kappa shape index (κ1) is 56.1. The second-order valence-electron chi connectivity index (χ2n) is 16.9. The predicted octanol–water partition coefficient (Wildman–Crippen LogP) is 5.32. The normalized spacial score (nSPS) is 28.2. The van der Waals surface area contributed by atoms with E-state index in [-0.39, 0.29) is 18.9 Å². The molecule has 0 bridgehead atoms. The molecule has 62 heavy (non-hydrogen) atoms. The van der Waals surface area contributed by atoms with Crippen molar-refractivity contribution in [1.29, 1.82) is 0 Å². The zero-order chi connectivity index (χ0) is 45.4. The number of rotatable bonds is 35. The van der Waals surface area contributed by atoms with Gasteiger partial charge in [-0.05, 0) is 57.8 Å². The minimum atomic E-state index is -1.79. The maximum Gasteiger partial charge on any atom is 0.220 e. The van der Waals surface area contributed by atoms with Gasteiger partial charge in [0.1, 0.15) is 48.8 Å². The largest absolute Gasteiger partial charge is 0.394 e. The number of carbonyl (C=O) groups excluding carboxylic acids is 1. The summed E-state index contributed by atoms with van der Waals surface area (Å²) in [6, 6.07) is -0.930. The fourth-order valence-electron chi connectivity index (χ4n) is 7.52. The van der Waals surface area contributed by atoms with E-state index in [1.165, 1.54) is 70.6 Å². The molecule has 1 amide bonds. The lowest BCUT2D eigenvalue weighted by Crippen LogP contribution is -2.65. The van der Waals surface area contributed by atoms with E-state index in [1.807, 2.05) is 6.08 Å². The van der Waals surface area contributed by atoms with Gasteiger partial charge in [-0.2, -0.15) is 0 Å². The minimum Gasteiger partial charge on any atom is -0.394 e. The Hall–Kier alpha value is -2.05. The highest BCUT2D eigenvalue weighted by Crippen LogP contribution is 2.30. The van der Waals surface area contributed by atoms with Crippen molar-refractivity contribution >= 4 is 5.91 Å². The summed E-state index contributed by atoms with van der Waals surface area (Å²) in [7, 11) is 0. The number of allylic oxidation sites excluding steroid dienone is 7. The standard InChI is InChI=1S/C48H85NO13/c1-3-5-7-9-11-12-13-14-15-16-17-18-19-20-21-22-23-24-26-28-30-32-40(53)49-36(37(52)31-29-27-25-10-8-6-4-2)35-59-47-45(58)43(56)46(39(34-51)61-47)62-48-44(57)42(55)41(54)38(33-50)60-48/h8,10,13-14,16-17,29,31,36-39,41-48,50-52,54-58H,3-7,9,11-12,15,18-28,30,32-35H2,1-2H3,(H,49,53)/b10-8+,14-13-,17-16-,31-29+. The monoisotopic (exact) mass is 884 g/mol. The van der Waals surface area contributed by atoms with Crippen molar-refractivity contribution in [2.24, 2.45) is 0 Å². The van der Waals surface area contributed by atoms with Crippen LogP contribution in [0.5, 0.6) is 0 Å². The number of amides is 1. The summed E-state index contributed by atoms with van der Waals surface area (Å²) in [5.41, 5.74) is 0. The summed E-state index contributed by atoms with van der Waals surface area (Å²) >= 11 is 0. The molecule has 0 spiro atoms. The SMILES string of the molecule is CCC/C=C/CC/C=C/C(O)C(COC1OC(CO)C(OC2OC(CO)C(O)C(O)C2O)C(O)C1O)NC(=O)CCCCCCCCCCC/C=C\C/C=C\CCCCCCC. The van der Waals surface area contributed by atoms with Crippen molar-refractivity contribution in [1.82, 2.24) is 5.32 Å². The second kappa shape index (κ2) is 35.2. The van der Waals surface area contributed by atoms with E-state index in [1.54, 1.807) is 6.08 Å². The maximum atomic E-state index is 13.1. The van der Waals surface area contributed by atoms with Crippen molar-refractivity contribution in [3.05, 3.63) is 48.6 Å². The van der Waals surface area contributed by atoms with Crippen LogP contribution in [-0.2, 0) is 23.7 Å². The summed E-state index contributed by atoms with van der Waals surface area (Å²) in [6.45, 7) is 2.61. The summed E-state index contributed by atoms with van der Waals surface area (Å²) in [6.07, 6.45) is 23.4. The molecule has 9 N–H and O–H groups in total. The van der Waals surface area contributed by atoms with Crippen LogP contribution in [0.2, 0.25) is 0 Å². The number of aliphatic hydroxyl groups is 8. The number of hydrogen-bond donors (Lipinski definition) is 9. The topological polar surface area (TPSA) is 228 Å². The van der Waals surface area contributed by atoms with Gasteiger partial charge in [-0.3, -0.25) is 4.79 Å². The third kappa shape index (κ3) is 22.7. The number of ether oxygens (including phenoxy) is 4. The summed E-state index contributed by atoms with van der Waals surface area (Å²) in [5.74, 6) is -0.261. The molecule has 2 saturated heterocycles. The van der Waals surface area contributed by atoms with Gasteiger partial charge < -0.3 is 65.1 Å². The Labute approximate surface area is 372 Å². The van der Waals surface area contributed by atoms with Gasteiger partial charge in [0.25, 0.3) is 0 Å². The molecule has 12 unspecified atom stereocenters. The molecule has 0 aromatic carbocycles. The van der Waals surface area contributed by atoms with Gasteiger partial charge in [-0.1, -0.05) is 140 Å². The molecule has 0 radical (unpaired) electrons. The summed E-state index contributed by atoms with van der Waals surface area (Å²) in [5, 5.41) is 86.2. The first-order valence-electron chi connectivity index (χ1n) is 23.9. The van der Waals surface area contributed by atoms with E-state index >= 15 is 0 Å². The van der Waals surface area contributed by atoms with Crippen molar-refractivity contribution in [2.75, 3.05) is 19.8 Å². The molecule has 2 rings (SSSR count). The van der Waals surface area contributed by atoms with Crippen LogP contribution in [-0.4, -0.2) is 140 Å². The smallest absolute Gasteiger partial charge is 0.220 e. The Morgan fingerprint density at radius 1 is 0.581 bits per heavy atom. The van der Waals surface area contributed by atoms with Crippen LogP contribution in [0.1, 0.15) is 155 Å². The van der Waals surface area contributed by atoms with Gasteiger partial charge in [0, 0.05) is 6.42 Å². The number of nitrogens with one attached hydrogen (secondary N) is 1. The molecular weight excluding hydrogens is 799 g/mol. The Morgan fingerprint density at radius 3 is 1.73 bits per heavy atom. The van der Waals surface area contributed by atoms with Crippen LogP contribution >= 0.6 is 0 Å². The Kier molecular flexibility index (Phi) is 31.9. The van der Waals surface area contributed by atoms with Crippen LogP contribution < -0.4 is 5.32 Å². The minimum absolute atomic E-state index is 0.261. The molecule has 360 valence electrons. The third-order valence-corrected chi connectivity index (χ3v) is 11.5. The maximum absolute atomic E-state index is 13.1. The average molecular weight is 884 g/mol. The van der Waals surface area contributed by atoms with Crippen molar-refractivity contribution in [3.8, 4) is 0 Å². The van der Waals surface area contributed by atoms with E-state index in [0.29, 0.717) is 12.8 Å². The quantitative estimate of drug-likeness (QED) is 0.0291. The molecule has 2 aliphatic heterocycles. The molecule has 0 aliphatic carbocycles. The molecule has 14 heteroatoms. The molecule has 0 saturated carbocycles. The highest BCUT2D eigenvalue weighted by molar-refractivity contribution is 5.76. The number of carbonyl (C=O) groups is 1. The predicted molar refractivity (Wildman–Crippen MR) is 240 cm³/mol. The van der Waals surface area contributed by atoms with Crippen LogP contribution in [0, 0.1) is 0 Å². The lowest BCUT2D eigenvalue weighted by Gasteiger charge is -2.46. The molecule has 2 heterocycles. The fraction of sp³-hybridized carbons (Fsp3) is 0.812. The van der Waals surface area contributed by atoms with Gasteiger partial charge in [-0.25, -0.2) is 0 Å². The van der Waals surface area contributed by atoms with E-state index < -0.39 is 86.8 Å². The van der Waals surface area contributed by atoms with Crippen molar-refractivity contribution in [3.63, 3.8) is 0 Å². The Morgan fingerprint density at radius 2 is 1.11 bits per heavy atom. The highest BCUT2D eigenvalue weighted by Gasteiger charge is 2.50. The first-order valence-corrected chi connectivity index (χ1v) is 23.9. The lowest BCUT2D eigenvalue weighted by atomic mass is 9.97. The zero-order valence-corrected chi connectivity index (χ0v) is 37.8. The Balaban J connectivity index is 1.78. The molecule has 12 atom stereocenters. The number of aliphatic hydroxyl groups excluding tert-OH is 8. The fourth-order valence-corrected chi connectivity index (χ4v) is 7.52. The van der Waals surface area contributed by atoms with E-state index in [9.17, 15) is 45.6 Å². The van der Waals surface area contributed by atoms with Crippen LogP contribution in [0.3, 0.4) is 0 Å². The van der Waals surface area contributed by atoms with Gasteiger partial charge in [0.15, 0.2) is 12.6 Å². The molecule has 2 aliphatic rings. The van der Waals surface area contributed by atoms with Crippen LogP contribution in [0.4, 0.5) is 0 Å². The van der Waals surface area contributed by atoms with E-state index in [2.05, 4.69) is 55.6 Å². The highest BCUT2D eigenvalue weighted by atomic mass is 16.7. The summed E-state index contributed by atoms with van der Waals surface area (Å²) < 4.78 is 22.5. The molecular formula is C48H85NO13. The van der Waals surface area contributed by atoms with Gasteiger partial charge in [0.05, 0.1) is 32.0 Å². The van der Waals surface area contributed by atoms with Crippen LogP contribution in [0.15, 0.2) is 48.6 Å². The molecule has 2 fully saturated rings. The van der Waals surface area contributed by atoms with Gasteiger partial charge in [0.2, 0.25) is 5.91 Å². The first-order chi connectivity index (χ1) is 30.1. The van der Waals surface area contributed by atoms with Crippen LogP contribution in [0.25, 0.3) is 0 Å². The zero-order valence-electron chi connectivity index (χ0n) is 37.8. The molecule has 0 aromatic heterocycles.